The number of rotatable bonds is 4. The number of hydrogen-bond donors (Lipinski definition) is 2. The largest absolute Gasteiger partial charge is 0.385 e. The van der Waals surface area contributed by atoms with Gasteiger partial charge in [0.05, 0.1) is 17.7 Å². The lowest BCUT2D eigenvalue weighted by atomic mass is 9.94. The molecule has 1 fully saturated rings. The summed E-state index contributed by atoms with van der Waals surface area (Å²) in [6.07, 6.45) is 1.95. The third-order valence-electron chi connectivity index (χ3n) is 3.39. The highest BCUT2D eigenvalue weighted by molar-refractivity contribution is 6.00. The molecule has 0 spiro atoms. The molecule has 2 N–H and O–H groups in total. The molecule has 0 saturated carbocycles. The number of anilines is 1. The van der Waals surface area contributed by atoms with E-state index >= 15 is 0 Å². The van der Waals surface area contributed by atoms with E-state index in [0.717, 1.165) is 31.7 Å². The van der Waals surface area contributed by atoms with Gasteiger partial charge in [0.2, 0.25) is 0 Å². The summed E-state index contributed by atoms with van der Waals surface area (Å²) >= 11 is 0. The number of amides is 1. The minimum absolute atomic E-state index is 0.0375. The number of carbonyl (C=O) groups excluding carboxylic acids is 1. The van der Waals surface area contributed by atoms with Crippen LogP contribution in [-0.2, 0) is 4.74 Å². The number of ether oxygens (including phenoxy) is 1. The van der Waals surface area contributed by atoms with E-state index in [1.165, 1.54) is 0 Å². The highest BCUT2D eigenvalue weighted by atomic mass is 16.5. The average molecular weight is 262 g/mol. The molecule has 1 atom stereocenters. The molecule has 1 aliphatic heterocycles. The summed E-state index contributed by atoms with van der Waals surface area (Å²) in [5.74, 6) is -0.0375. The zero-order valence-corrected chi connectivity index (χ0v) is 11.7. The monoisotopic (exact) mass is 262 g/mol. The summed E-state index contributed by atoms with van der Waals surface area (Å²) in [6, 6.07) is 7.59. The summed E-state index contributed by atoms with van der Waals surface area (Å²) in [6.45, 7) is 6.23. The average Bonchev–Trinajstić information content (AvgIpc) is 2.40. The molecule has 4 nitrogen and oxygen atoms in total. The molecule has 19 heavy (non-hydrogen) atoms. The predicted molar refractivity (Wildman–Crippen MR) is 76.5 cm³/mol. The van der Waals surface area contributed by atoms with Gasteiger partial charge in [-0.1, -0.05) is 12.1 Å². The molecule has 0 aliphatic carbocycles. The standard InChI is InChI=1S/C15H22N2O2/c1-3-16-13-8-5-4-7-12(13)14(18)17-15(2)9-6-10-19-11-15/h4-5,7-8,16H,3,6,9-11H2,1-2H3,(H,17,18). The molecule has 1 unspecified atom stereocenters. The second-order valence-electron chi connectivity index (χ2n) is 5.25. The topological polar surface area (TPSA) is 50.4 Å². The first-order valence-corrected chi connectivity index (χ1v) is 6.88. The van der Waals surface area contributed by atoms with Gasteiger partial charge in [-0.15, -0.1) is 0 Å². The molecule has 1 saturated heterocycles. The molecular weight excluding hydrogens is 240 g/mol. The van der Waals surface area contributed by atoms with Crippen molar-refractivity contribution in [1.82, 2.24) is 5.32 Å². The van der Waals surface area contributed by atoms with Crippen molar-refractivity contribution in [3.8, 4) is 0 Å². The molecule has 1 aliphatic rings. The van der Waals surface area contributed by atoms with Crippen LogP contribution in [0.1, 0.15) is 37.0 Å². The number of benzene rings is 1. The maximum atomic E-state index is 12.4. The van der Waals surface area contributed by atoms with E-state index in [1.807, 2.05) is 38.1 Å². The molecule has 2 rings (SSSR count). The minimum Gasteiger partial charge on any atom is -0.385 e. The zero-order valence-electron chi connectivity index (χ0n) is 11.7. The van der Waals surface area contributed by atoms with E-state index in [9.17, 15) is 4.79 Å². The van der Waals surface area contributed by atoms with Gasteiger partial charge >= 0.3 is 0 Å². The van der Waals surface area contributed by atoms with Crippen LogP contribution in [-0.4, -0.2) is 31.2 Å². The van der Waals surface area contributed by atoms with Crippen LogP contribution in [0.3, 0.4) is 0 Å². The van der Waals surface area contributed by atoms with E-state index in [1.54, 1.807) is 0 Å². The number of para-hydroxylation sites is 1. The van der Waals surface area contributed by atoms with Crippen molar-refractivity contribution in [2.75, 3.05) is 25.1 Å². The molecule has 0 aromatic heterocycles. The third kappa shape index (κ3) is 3.47. The fourth-order valence-electron chi connectivity index (χ4n) is 2.40. The van der Waals surface area contributed by atoms with E-state index in [4.69, 9.17) is 4.74 Å². The first-order chi connectivity index (χ1) is 9.14. The molecule has 1 aromatic carbocycles. The van der Waals surface area contributed by atoms with Crippen LogP contribution in [0, 0.1) is 0 Å². The van der Waals surface area contributed by atoms with Gasteiger partial charge in [0.15, 0.2) is 0 Å². The van der Waals surface area contributed by atoms with E-state index in [0.29, 0.717) is 12.2 Å². The second kappa shape index (κ2) is 6.06. The van der Waals surface area contributed by atoms with Gasteiger partial charge in [-0.2, -0.15) is 0 Å². The molecule has 0 bridgehead atoms. The lowest BCUT2D eigenvalue weighted by Gasteiger charge is -2.34. The van der Waals surface area contributed by atoms with Crippen LogP contribution in [0.4, 0.5) is 5.69 Å². The summed E-state index contributed by atoms with van der Waals surface area (Å²) < 4.78 is 5.47. The Morgan fingerprint density at radius 1 is 1.42 bits per heavy atom. The Morgan fingerprint density at radius 3 is 2.89 bits per heavy atom. The zero-order chi connectivity index (χ0) is 13.7. The van der Waals surface area contributed by atoms with Gasteiger partial charge in [0, 0.05) is 18.8 Å². The fraction of sp³-hybridized carbons (Fsp3) is 0.533. The first-order valence-electron chi connectivity index (χ1n) is 6.88. The molecule has 4 heteroatoms. The Balaban J connectivity index is 2.11. The van der Waals surface area contributed by atoms with Crippen LogP contribution < -0.4 is 10.6 Å². The summed E-state index contributed by atoms with van der Waals surface area (Å²) in [5, 5.41) is 6.32. The Bertz CT molecular complexity index is 440. The SMILES string of the molecule is CCNc1ccccc1C(=O)NC1(C)CCCOC1. The van der Waals surface area contributed by atoms with Crippen molar-refractivity contribution in [2.24, 2.45) is 0 Å². The lowest BCUT2D eigenvalue weighted by Crippen LogP contribution is -2.51. The quantitative estimate of drug-likeness (QED) is 0.876. The number of carbonyl (C=O) groups is 1. The van der Waals surface area contributed by atoms with Gasteiger partial charge < -0.3 is 15.4 Å². The van der Waals surface area contributed by atoms with Crippen molar-refractivity contribution >= 4 is 11.6 Å². The van der Waals surface area contributed by atoms with Gasteiger partial charge in [-0.3, -0.25) is 4.79 Å². The summed E-state index contributed by atoms with van der Waals surface area (Å²) in [5.41, 5.74) is 1.31. The second-order valence-corrected chi connectivity index (χ2v) is 5.25. The summed E-state index contributed by atoms with van der Waals surface area (Å²) in [4.78, 5) is 12.4. The first kappa shape index (κ1) is 13.9. The van der Waals surface area contributed by atoms with Crippen molar-refractivity contribution in [1.29, 1.82) is 0 Å². The van der Waals surface area contributed by atoms with E-state index in [2.05, 4.69) is 10.6 Å². The Kier molecular flexibility index (Phi) is 4.43. The number of nitrogens with one attached hydrogen (secondary N) is 2. The van der Waals surface area contributed by atoms with Crippen molar-refractivity contribution < 1.29 is 9.53 Å². The van der Waals surface area contributed by atoms with Crippen molar-refractivity contribution in [3.05, 3.63) is 29.8 Å². The van der Waals surface area contributed by atoms with Gasteiger partial charge in [0.1, 0.15) is 0 Å². The van der Waals surface area contributed by atoms with Crippen LogP contribution in [0.15, 0.2) is 24.3 Å². The molecule has 1 amide bonds. The van der Waals surface area contributed by atoms with Crippen LogP contribution >= 0.6 is 0 Å². The summed E-state index contributed by atoms with van der Waals surface area (Å²) in [7, 11) is 0. The van der Waals surface area contributed by atoms with Gasteiger partial charge in [-0.25, -0.2) is 0 Å². The maximum absolute atomic E-state index is 12.4. The van der Waals surface area contributed by atoms with E-state index < -0.39 is 0 Å². The highest BCUT2D eigenvalue weighted by Crippen LogP contribution is 2.21. The van der Waals surface area contributed by atoms with Crippen molar-refractivity contribution in [3.63, 3.8) is 0 Å². The minimum atomic E-state index is -0.255. The molecule has 104 valence electrons. The van der Waals surface area contributed by atoms with Crippen LogP contribution in [0.2, 0.25) is 0 Å². The Morgan fingerprint density at radius 2 is 2.21 bits per heavy atom. The van der Waals surface area contributed by atoms with E-state index in [-0.39, 0.29) is 11.4 Å². The molecule has 1 aromatic rings. The highest BCUT2D eigenvalue weighted by Gasteiger charge is 2.30. The third-order valence-corrected chi connectivity index (χ3v) is 3.39. The molecule has 1 heterocycles. The Labute approximate surface area is 114 Å². The smallest absolute Gasteiger partial charge is 0.253 e. The normalized spacial score (nSPS) is 22.8. The number of hydrogen-bond acceptors (Lipinski definition) is 3. The predicted octanol–water partition coefficient (Wildman–Crippen LogP) is 2.42. The van der Waals surface area contributed by atoms with Gasteiger partial charge in [0.25, 0.3) is 5.91 Å². The molecule has 0 radical (unpaired) electrons. The van der Waals surface area contributed by atoms with Crippen LogP contribution in [0.5, 0.6) is 0 Å². The maximum Gasteiger partial charge on any atom is 0.253 e. The Hall–Kier alpha value is -1.55. The fourth-order valence-corrected chi connectivity index (χ4v) is 2.40. The van der Waals surface area contributed by atoms with Gasteiger partial charge in [-0.05, 0) is 38.8 Å². The van der Waals surface area contributed by atoms with Crippen LogP contribution in [0.25, 0.3) is 0 Å². The van der Waals surface area contributed by atoms with Crippen molar-refractivity contribution in [2.45, 2.75) is 32.2 Å². The lowest BCUT2D eigenvalue weighted by molar-refractivity contribution is 0.0273. The molecular formula is C15H22N2O2.